The molecule has 0 bridgehead atoms. The van der Waals surface area contributed by atoms with Gasteiger partial charge in [-0.2, -0.15) is 0 Å². The molecule has 0 aliphatic carbocycles. The van der Waals surface area contributed by atoms with Crippen molar-refractivity contribution >= 4 is 11.7 Å². The van der Waals surface area contributed by atoms with Gasteiger partial charge in [0.15, 0.2) is 0 Å². The summed E-state index contributed by atoms with van der Waals surface area (Å²) in [6.45, 7) is 7.47. The van der Waals surface area contributed by atoms with Gasteiger partial charge in [0.2, 0.25) is 0 Å². The van der Waals surface area contributed by atoms with Crippen molar-refractivity contribution in [3.05, 3.63) is 46.7 Å². The Labute approximate surface area is 148 Å². The van der Waals surface area contributed by atoms with Gasteiger partial charge in [-0.1, -0.05) is 26.8 Å². The van der Waals surface area contributed by atoms with Crippen LogP contribution in [0.15, 0.2) is 18.3 Å². The van der Waals surface area contributed by atoms with Gasteiger partial charge >= 0.3 is 0 Å². The number of hydrogen-bond donors (Lipinski definition) is 1. The third-order valence-corrected chi connectivity index (χ3v) is 4.45. The van der Waals surface area contributed by atoms with E-state index in [1.165, 1.54) is 5.56 Å². The lowest BCUT2D eigenvalue weighted by Gasteiger charge is -2.26. The molecular formula is C19H25N5O. The molecule has 2 aromatic rings. The molecule has 2 aromatic heterocycles. The van der Waals surface area contributed by atoms with Crippen LogP contribution < -0.4 is 10.2 Å². The Bertz CT molecular complexity index is 770. The van der Waals surface area contributed by atoms with E-state index in [0.29, 0.717) is 24.6 Å². The summed E-state index contributed by atoms with van der Waals surface area (Å²) in [4.78, 5) is 28.1. The van der Waals surface area contributed by atoms with E-state index in [4.69, 9.17) is 4.98 Å². The van der Waals surface area contributed by atoms with Crippen molar-refractivity contribution in [1.82, 2.24) is 20.3 Å². The van der Waals surface area contributed by atoms with E-state index in [9.17, 15) is 4.79 Å². The number of aryl methyl sites for hydroxylation is 1. The Balaban J connectivity index is 1.95. The zero-order valence-electron chi connectivity index (χ0n) is 15.3. The molecule has 132 valence electrons. The summed E-state index contributed by atoms with van der Waals surface area (Å²) in [5.74, 6) is 1.59. The number of amides is 1. The fourth-order valence-corrected chi connectivity index (χ4v) is 2.94. The van der Waals surface area contributed by atoms with Crippen LogP contribution in [0.25, 0.3) is 0 Å². The van der Waals surface area contributed by atoms with Crippen LogP contribution in [0, 0.1) is 0 Å². The third-order valence-electron chi connectivity index (χ3n) is 4.45. The summed E-state index contributed by atoms with van der Waals surface area (Å²) in [5, 5.41) is 2.87. The Morgan fingerprint density at radius 1 is 1.28 bits per heavy atom. The second-order valence-corrected chi connectivity index (χ2v) is 6.76. The van der Waals surface area contributed by atoms with Crippen molar-refractivity contribution in [3.63, 3.8) is 0 Å². The molecule has 6 nitrogen and oxygen atoms in total. The number of nitrogens with zero attached hydrogens (tertiary/aromatic N) is 4. The number of aromatic nitrogens is 3. The van der Waals surface area contributed by atoms with Gasteiger partial charge in [0.25, 0.3) is 5.91 Å². The van der Waals surface area contributed by atoms with Crippen molar-refractivity contribution in [1.29, 1.82) is 0 Å². The fraction of sp³-hybridized carbons (Fsp3) is 0.474. The second kappa shape index (κ2) is 7.17. The molecule has 3 rings (SSSR count). The zero-order chi connectivity index (χ0) is 18.0. The lowest BCUT2D eigenvalue weighted by Crippen LogP contribution is -2.35. The molecule has 0 aromatic carbocycles. The topological polar surface area (TPSA) is 71.0 Å². The number of rotatable bonds is 5. The summed E-state index contributed by atoms with van der Waals surface area (Å²) >= 11 is 0. The highest BCUT2D eigenvalue weighted by molar-refractivity contribution is 5.96. The van der Waals surface area contributed by atoms with Crippen LogP contribution in [-0.4, -0.2) is 34.5 Å². The molecule has 0 spiro atoms. The number of carbonyl (C=O) groups excluding carboxylic acids is 1. The maximum absolute atomic E-state index is 12.2. The van der Waals surface area contributed by atoms with Crippen LogP contribution in [0.3, 0.4) is 0 Å². The highest BCUT2D eigenvalue weighted by Gasteiger charge is 2.26. The molecular weight excluding hydrogens is 314 g/mol. The first-order valence-corrected chi connectivity index (χ1v) is 8.83. The minimum Gasteiger partial charge on any atom is -0.353 e. The number of hydrogen-bond acceptors (Lipinski definition) is 5. The van der Waals surface area contributed by atoms with E-state index in [-0.39, 0.29) is 11.8 Å². The van der Waals surface area contributed by atoms with Gasteiger partial charge in [-0.3, -0.25) is 9.78 Å². The maximum atomic E-state index is 12.2. The van der Waals surface area contributed by atoms with Crippen molar-refractivity contribution in [2.45, 2.75) is 46.1 Å². The summed E-state index contributed by atoms with van der Waals surface area (Å²) in [6.07, 6.45) is 3.66. The Morgan fingerprint density at radius 2 is 2.08 bits per heavy atom. The quantitative estimate of drug-likeness (QED) is 0.906. The molecule has 6 heteroatoms. The second-order valence-electron chi connectivity index (χ2n) is 6.76. The first kappa shape index (κ1) is 17.3. The first-order valence-electron chi connectivity index (χ1n) is 8.83. The lowest BCUT2D eigenvalue weighted by molar-refractivity contribution is 0.0940. The van der Waals surface area contributed by atoms with E-state index in [1.54, 1.807) is 0 Å². The normalized spacial score (nSPS) is 13.6. The zero-order valence-corrected chi connectivity index (χ0v) is 15.3. The summed E-state index contributed by atoms with van der Waals surface area (Å²) in [7, 11) is 1.99. The maximum Gasteiger partial charge on any atom is 0.270 e. The van der Waals surface area contributed by atoms with Gasteiger partial charge in [-0.25, -0.2) is 9.97 Å². The van der Waals surface area contributed by atoms with E-state index in [2.05, 4.69) is 39.2 Å². The van der Waals surface area contributed by atoms with E-state index in [1.807, 2.05) is 27.1 Å². The molecule has 25 heavy (non-hydrogen) atoms. The van der Waals surface area contributed by atoms with Crippen molar-refractivity contribution in [2.75, 3.05) is 18.5 Å². The number of pyridine rings is 1. The Kier molecular flexibility index (Phi) is 4.97. The molecule has 1 amide bonds. The van der Waals surface area contributed by atoms with E-state index in [0.717, 1.165) is 29.9 Å². The van der Waals surface area contributed by atoms with Gasteiger partial charge in [0.1, 0.15) is 17.3 Å². The average Bonchev–Trinajstić information content (AvgIpc) is 2.61. The third kappa shape index (κ3) is 3.62. The summed E-state index contributed by atoms with van der Waals surface area (Å²) in [6, 6.07) is 4.16. The number of carbonyl (C=O) groups is 1. The van der Waals surface area contributed by atoms with Gasteiger partial charge in [-0.05, 0) is 24.5 Å². The van der Waals surface area contributed by atoms with Crippen LogP contribution in [0.2, 0.25) is 0 Å². The smallest absolute Gasteiger partial charge is 0.270 e. The van der Waals surface area contributed by atoms with Crippen molar-refractivity contribution < 1.29 is 4.79 Å². The van der Waals surface area contributed by atoms with E-state index < -0.39 is 0 Å². The molecule has 0 fully saturated rings. The van der Waals surface area contributed by atoms with Crippen molar-refractivity contribution in [3.8, 4) is 0 Å². The average molecular weight is 339 g/mol. The van der Waals surface area contributed by atoms with Crippen molar-refractivity contribution in [2.24, 2.45) is 0 Å². The van der Waals surface area contributed by atoms with Gasteiger partial charge < -0.3 is 10.2 Å². The summed E-state index contributed by atoms with van der Waals surface area (Å²) in [5.41, 5.74) is 3.66. The minimum atomic E-state index is -0.106. The van der Waals surface area contributed by atoms with Crippen LogP contribution >= 0.6 is 0 Å². The fourth-order valence-electron chi connectivity index (χ4n) is 2.94. The molecule has 0 saturated heterocycles. The molecule has 0 saturated carbocycles. The monoisotopic (exact) mass is 339 g/mol. The summed E-state index contributed by atoms with van der Waals surface area (Å²) < 4.78 is 0. The first-order chi connectivity index (χ1) is 12.0. The molecule has 1 aliphatic rings. The standard InChI is InChI=1S/C19H25N5O/c1-5-13-6-7-14(21-10-13)11-24(4)18-15-8-9-20-19(25)16(15)22-17(23-18)12(2)3/h6-7,10,12H,5,8-9,11H2,1-4H3,(H,20,25). The van der Waals surface area contributed by atoms with E-state index >= 15 is 0 Å². The highest BCUT2D eigenvalue weighted by Crippen LogP contribution is 2.26. The molecule has 1 aliphatic heterocycles. The molecule has 3 heterocycles. The molecule has 0 radical (unpaired) electrons. The lowest BCUT2D eigenvalue weighted by atomic mass is 10.0. The number of anilines is 1. The largest absolute Gasteiger partial charge is 0.353 e. The molecule has 1 N–H and O–H groups in total. The van der Waals surface area contributed by atoms with Crippen LogP contribution in [0.5, 0.6) is 0 Å². The molecule has 0 atom stereocenters. The predicted octanol–water partition coefficient (Wildman–Crippen LogP) is 2.48. The predicted molar refractivity (Wildman–Crippen MR) is 97.9 cm³/mol. The Hall–Kier alpha value is -2.50. The van der Waals surface area contributed by atoms with Gasteiger partial charge in [0.05, 0.1) is 12.2 Å². The van der Waals surface area contributed by atoms with Crippen LogP contribution in [-0.2, 0) is 19.4 Å². The van der Waals surface area contributed by atoms with Gasteiger partial charge in [0, 0.05) is 31.3 Å². The highest BCUT2D eigenvalue weighted by atomic mass is 16.1. The number of nitrogens with one attached hydrogen (secondary N) is 1. The Morgan fingerprint density at radius 3 is 2.72 bits per heavy atom. The molecule has 0 unspecified atom stereocenters. The van der Waals surface area contributed by atoms with Crippen LogP contribution in [0.4, 0.5) is 5.82 Å². The minimum absolute atomic E-state index is 0.106. The van der Waals surface area contributed by atoms with Crippen LogP contribution in [0.1, 0.15) is 59.8 Å². The SMILES string of the molecule is CCc1ccc(CN(C)c2nc(C(C)C)nc3c2CCNC3=O)nc1. The number of fused-ring (bicyclic) bond motifs is 1. The van der Waals surface area contributed by atoms with Gasteiger partial charge in [-0.15, -0.1) is 0 Å².